The van der Waals surface area contributed by atoms with E-state index >= 15 is 0 Å². The number of ether oxygens (including phenoxy) is 4. The first-order chi connectivity index (χ1) is 17.9. The fourth-order valence-electron chi connectivity index (χ4n) is 4.12. The number of aliphatic hydroxyl groups is 2. The summed E-state index contributed by atoms with van der Waals surface area (Å²) in [5, 5.41) is 21.1. The number of hydrogen-bond donors (Lipinski definition) is 2. The number of nitrogens with zero attached hydrogens (tertiary/aromatic N) is 1. The van der Waals surface area contributed by atoms with E-state index in [1.54, 1.807) is 14.2 Å². The van der Waals surface area contributed by atoms with Crippen LogP contribution in [-0.4, -0.2) is 74.4 Å². The normalized spacial score (nSPS) is 12.7. The van der Waals surface area contributed by atoms with Gasteiger partial charge in [0.25, 0.3) is 0 Å². The lowest BCUT2D eigenvalue weighted by molar-refractivity contribution is 0.0239. The summed E-state index contributed by atoms with van der Waals surface area (Å²) < 4.78 is 22.6. The second-order valence-electron chi connectivity index (χ2n) is 9.18. The molecule has 0 aromatic heterocycles. The Bertz CT molecular complexity index is 1100. The lowest BCUT2D eigenvalue weighted by Crippen LogP contribution is -2.47. The zero-order chi connectivity index (χ0) is 26.6. The average Bonchev–Trinajstić information content (AvgIpc) is 2.90. The van der Waals surface area contributed by atoms with Crippen LogP contribution in [0.4, 0.5) is 0 Å². The van der Waals surface area contributed by atoms with Gasteiger partial charge >= 0.3 is 0 Å². The molecule has 3 aromatic carbocycles. The van der Waals surface area contributed by atoms with Crippen LogP contribution in [0.3, 0.4) is 0 Å². The molecule has 0 bridgehead atoms. The predicted molar refractivity (Wildman–Crippen MR) is 145 cm³/mol. The number of methoxy groups -OCH3 is 2. The Labute approximate surface area is 220 Å². The quantitative estimate of drug-likeness (QED) is 0.320. The summed E-state index contributed by atoms with van der Waals surface area (Å²) in [4.78, 5) is 2.05. The Morgan fingerprint density at radius 1 is 0.784 bits per heavy atom. The van der Waals surface area contributed by atoms with Crippen LogP contribution in [0.2, 0.25) is 0 Å². The maximum Gasteiger partial charge on any atom is 0.160 e. The smallest absolute Gasteiger partial charge is 0.160 e. The second kappa shape index (κ2) is 14.5. The molecule has 37 heavy (non-hydrogen) atoms. The molecule has 0 fully saturated rings. The minimum Gasteiger partial charge on any atom is -0.493 e. The maximum absolute atomic E-state index is 10.8. The van der Waals surface area contributed by atoms with E-state index in [0.29, 0.717) is 31.0 Å². The topological polar surface area (TPSA) is 80.6 Å². The van der Waals surface area contributed by atoms with Crippen molar-refractivity contribution in [2.24, 2.45) is 0 Å². The Kier molecular flexibility index (Phi) is 11.1. The highest BCUT2D eigenvalue weighted by molar-refractivity contribution is 5.43. The van der Waals surface area contributed by atoms with E-state index < -0.39 is 6.10 Å². The Morgan fingerprint density at radius 3 is 1.97 bits per heavy atom. The van der Waals surface area contributed by atoms with Crippen molar-refractivity contribution in [2.45, 2.75) is 32.4 Å². The largest absolute Gasteiger partial charge is 0.493 e. The molecule has 2 unspecified atom stereocenters. The minimum absolute atomic E-state index is 0.108. The molecule has 3 rings (SSSR count). The minimum atomic E-state index is -0.751. The van der Waals surface area contributed by atoms with Crippen molar-refractivity contribution < 1.29 is 29.2 Å². The summed E-state index contributed by atoms with van der Waals surface area (Å²) in [5.41, 5.74) is 3.26. The molecule has 3 aromatic rings. The molecule has 0 radical (unpaired) electrons. The van der Waals surface area contributed by atoms with Crippen LogP contribution < -0.4 is 18.9 Å². The second-order valence-corrected chi connectivity index (χ2v) is 9.18. The van der Waals surface area contributed by atoms with Gasteiger partial charge in [0.1, 0.15) is 30.8 Å². The van der Waals surface area contributed by atoms with Crippen molar-refractivity contribution in [2.75, 3.05) is 47.1 Å². The molecule has 7 heteroatoms. The van der Waals surface area contributed by atoms with Crippen LogP contribution in [0.5, 0.6) is 23.0 Å². The van der Waals surface area contributed by atoms with Gasteiger partial charge in [-0.25, -0.2) is 0 Å². The molecule has 2 N–H and O–H groups in total. The summed E-state index contributed by atoms with van der Waals surface area (Å²) in [5.74, 6) is 2.81. The average molecular weight is 510 g/mol. The van der Waals surface area contributed by atoms with E-state index in [2.05, 4.69) is 4.90 Å². The van der Waals surface area contributed by atoms with Crippen molar-refractivity contribution >= 4 is 0 Å². The van der Waals surface area contributed by atoms with E-state index in [0.717, 1.165) is 28.2 Å². The fourth-order valence-corrected chi connectivity index (χ4v) is 4.12. The van der Waals surface area contributed by atoms with Gasteiger partial charge in [-0.05, 0) is 73.4 Å². The summed E-state index contributed by atoms with van der Waals surface area (Å²) in [7, 11) is 3.22. The van der Waals surface area contributed by atoms with Gasteiger partial charge in [-0.2, -0.15) is 0 Å². The van der Waals surface area contributed by atoms with Gasteiger partial charge < -0.3 is 29.2 Å². The maximum atomic E-state index is 10.8. The molecular formula is C30H39NO6. The van der Waals surface area contributed by atoms with Gasteiger partial charge in [0.05, 0.1) is 26.9 Å². The van der Waals surface area contributed by atoms with Gasteiger partial charge in [-0.1, -0.05) is 30.3 Å². The van der Waals surface area contributed by atoms with E-state index in [1.165, 1.54) is 0 Å². The molecule has 0 aliphatic carbocycles. The highest BCUT2D eigenvalue weighted by atomic mass is 16.5. The lowest BCUT2D eigenvalue weighted by Gasteiger charge is -2.32. The van der Waals surface area contributed by atoms with Crippen LogP contribution >= 0.6 is 0 Å². The summed E-state index contributed by atoms with van der Waals surface area (Å²) in [6.07, 6.45) is -0.0637. The van der Waals surface area contributed by atoms with Crippen LogP contribution in [-0.2, 0) is 6.42 Å². The number of hydrogen-bond acceptors (Lipinski definition) is 7. The Morgan fingerprint density at radius 2 is 1.41 bits per heavy atom. The van der Waals surface area contributed by atoms with Gasteiger partial charge in [0, 0.05) is 13.1 Å². The molecular weight excluding hydrogens is 470 g/mol. The SMILES string of the molecule is COc1ccc(CCN(CC(O)COc2cccc(C)c2)C(CO)COc2cccc(C)c2)cc1OC. The molecule has 0 saturated heterocycles. The Hall–Kier alpha value is -3.26. The van der Waals surface area contributed by atoms with E-state index in [9.17, 15) is 10.2 Å². The molecule has 0 aliphatic heterocycles. The molecule has 2 atom stereocenters. The van der Waals surface area contributed by atoms with Crippen molar-refractivity contribution in [1.29, 1.82) is 0 Å². The predicted octanol–water partition coefficient (Wildman–Crippen LogP) is 4.04. The zero-order valence-electron chi connectivity index (χ0n) is 22.2. The molecule has 0 amide bonds. The lowest BCUT2D eigenvalue weighted by atomic mass is 10.1. The van der Waals surface area contributed by atoms with Crippen LogP contribution in [0.15, 0.2) is 66.7 Å². The van der Waals surface area contributed by atoms with Gasteiger partial charge in [-0.15, -0.1) is 0 Å². The molecule has 0 heterocycles. The summed E-state index contributed by atoms with van der Waals surface area (Å²) in [6, 6.07) is 21.1. The molecule has 0 aliphatic rings. The van der Waals surface area contributed by atoms with E-state index in [1.807, 2.05) is 80.6 Å². The van der Waals surface area contributed by atoms with Crippen LogP contribution in [0.25, 0.3) is 0 Å². The molecule has 0 spiro atoms. The van der Waals surface area contributed by atoms with Crippen molar-refractivity contribution in [3.05, 3.63) is 83.4 Å². The highest BCUT2D eigenvalue weighted by Crippen LogP contribution is 2.28. The van der Waals surface area contributed by atoms with Crippen LogP contribution in [0.1, 0.15) is 16.7 Å². The highest BCUT2D eigenvalue weighted by Gasteiger charge is 2.22. The first-order valence-electron chi connectivity index (χ1n) is 12.5. The van der Waals surface area contributed by atoms with Crippen molar-refractivity contribution in [3.8, 4) is 23.0 Å². The third kappa shape index (κ3) is 8.97. The van der Waals surface area contributed by atoms with Crippen molar-refractivity contribution in [3.63, 3.8) is 0 Å². The zero-order valence-corrected chi connectivity index (χ0v) is 22.2. The molecule has 7 nitrogen and oxygen atoms in total. The molecule has 200 valence electrons. The standard InChI is InChI=1S/C30H39NO6/c1-22-7-5-9-27(15-22)36-20-25(19-32)31(14-13-24-11-12-29(34-3)30(17-24)35-4)18-26(33)21-37-28-10-6-8-23(2)16-28/h5-12,15-17,25-26,32-33H,13-14,18-21H2,1-4H3. The monoisotopic (exact) mass is 509 g/mol. The van der Waals surface area contributed by atoms with Crippen molar-refractivity contribution in [1.82, 2.24) is 4.90 Å². The van der Waals surface area contributed by atoms with Crippen LogP contribution in [0, 0.1) is 13.8 Å². The Balaban J connectivity index is 1.69. The number of aryl methyl sites for hydroxylation is 2. The van der Waals surface area contributed by atoms with Gasteiger partial charge in [-0.3, -0.25) is 4.90 Å². The number of rotatable bonds is 15. The fraction of sp³-hybridized carbons (Fsp3) is 0.400. The number of benzene rings is 3. The van der Waals surface area contributed by atoms with Gasteiger partial charge in [0.2, 0.25) is 0 Å². The third-order valence-electron chi connectivity index (χ3n) is 6.17. The molecule has 0 saturated carbocycles. The first-order valence-corrected chi connectivity index (χ1v) is 12.5. The first kappa shape index (κ1) is 28.3. The van der Waals surface area contributed by atoms with E-state index in [4.69, 9.17) is 18.9 Å². The summed E-state index contributed by atoms with van der Waals surface area (Å²) in [6.45, 7) is 5.25. The third-order valence-corrected chi connectivity index (χ3v) is 6.17. The number of aliphatic hydroxyl groups excluding tert-OH is 2. The van der Waals surface area contributed by atoms with Gasteiger partial charge in [0.15, 0.2) is 11.5 Å². The summed E-state index contributed by atoms with van der Waals surface area (Å²) >= 11 is 0. The van der Waals surface area contributed by atoms with E-state index in [-0.39, 0.29) is 25.9 Å².